The van der Waals surface area contributed by atoms with Crippen LogP contribution in [0.25, 0.3) is 0 Å². The molecule has 27 heavy (non-hydrogen) atoms. The summed E-state index contributed by atoms with van der Waals surface area (Å²) in [5.74, 6) is -0.0339. The first kappa shape index (κ1) is 20.9. The smallest absolute Gasteiger partial charge is 0.319 e. The number of halogens is 2. The summed E-state index contributed by atoms with van der Waals surface area (Å²) in [5.41, 5.74) is 1.28. The highest BCUT2D eigenvalue weighted by Crippen LogP contribution is 2.19. The lowest BCUT2D eigenvalue weighted by molar-refractivity contribution is -0.122. The Bertz CT molecular complexity index is 781. The van der Waals surface area contributed by atoms with Gasteiger partial charge in [0.15, 0.2) is 0 Å². The number of aromatic nitrogens is 3. The van der Waals surface area contributed by atoms with Crippen molar-refractivity contribution in [1.82, 2.24) is 30.9 Å². The van der Waals surface area contributed by atoms with Crippen LogP contribution >= 0.6 is 24.0 Å². The van der Waals surface area contributed by atoms with Crippen molar-refractivity contribution in [1.29, 1.82) is 0 Å². The van der Waals surface area contributed by atoms with E-state index >= 15 is 0 Å². The second-order valence-corrected chi connectivity index (χ2v) is 6.41. The van der Waals surface area contributed by atoms with Crippen molar-refractivity contribution in [3.8, 4) is 0 Å². The minimum Gasteiger partial charge on any atom is -0.358 e. The molecule has 0 aliphatic carbocycles. The molecule has 2 aromatic rings. The number of hydrogen-bond donors (Lipinski definition) is 4. The molecule has 1 saturated heterocycles. The van der Waals surface area contributed by atoms with Crippen molar-refractivity contribution in [2.75, 3.05) is 18.9 Å². The molecular formula is C16H21Cl2N7O2. The monoisotopic (exact) mass is 413 g/mol. The molecule has 0 saturated carbocycles. The third-order valence-corrected chi connectivity index (χ3v) is 4.39. The lowest BCUT2D eigenvalue weighted by Gasteiger charge is -2.09. The maximum atomic E-state index is 11.9. The van der Waals surface area contributed by atoms with Crippen LogP contribution in [0.2, 0.25) is 5.02 Å². The molecule has 3 rings (SSSR count). The summed E-state index contributed by atoms with van der Waals surface area (Å²) >= 11 is 5.81. The lowest BCUT2D eigenvalue weighted by Crippen LogP contribution is -2.38. The Labute approximate surface area is 167 Å². The van der Waals surface area contributed by atoms with Crippen molar-refractivity contribution in [3.05, 3.63) is 41.2 Å². The summed E-state index contributed by atoms with van der Waals surface area (Å²) in [4.78, 5) is 23.6. The van der Waals surface area contributed by atoms with Gasteiger partial charge in [0.1, 0.15) is 5.69 Å². The number of anilines is 1. The van der Waals surface area contributed by atoms with Gasteiger partial charge in [-0.15, -0.1) is 17.5 Å². The number of hydrogen-bond acceptors (Lipinski definition) is 5. The van der Waals surface area contributed by atoms with E-state index in [1.807, 2.05) is 0 Å². The van der Waals surface area contributed by atoms with E-state index in [0.29, 0.717) is 29.4 Å². The highest BCUT2D eigenvalue weighted by Gasteiger charge is 2.30. The van der Waals surface area contributed by atoms with E-state index in [1.54, 1.807) is 42.2 Å². The van der Waals surface area contributed by atoms with Crippen LogP contribution in [0.5, 0.6) is 0 Å². The Morgan fingerprint density at radius 2 is 2.07 bits per heavy atom. The summed E-state index contributed by atoms with van der Waals surface area (Å²) in [7, 11) is 1.62. The van der Waals surface area contributed by atoms with E-state index in [1.165, 1.54) is 0 Å². The van der Waals surface area contributed by atoms with Crippen LogP contribution in [-0.4, -0.2) is 46.6 Å². The third-order valence-electron chi connectivity index (χ3n) is 4.13. The van der Waals surface area contributed by atoms with Gasteiger partial charge in [-0.3, -0.25) is 4.79 Å². The molecule has 1 aliphatic heterocycles. The average Bonchev–Trinajstić information content (AvgIpc) is 3.30. The molecule has 2 heterocycles. The number of likely N-dealkylation sites (N-methyl/N-ethyl adjacent to an activating group) is 1. The highest BCUT2D eigenvalue weighted by atomic mass is 35.5. The van der Waals surface area contributed by atoms with Gasteiger partial charge in [-0.25, -0.2) is 9.48 Å². The molecule has 146 valence electrons. The topological polar surface area (TPSA) is 113 Å². The predicted molar refractivity (Wildman–Crippen MR) is 104 cm³/mol. The Morgan fingerprint density at radius 1 is 1.33 bits per heavy atom. The van der Waals surface area contributed by atoms with Crippen molar-refractivity contribution in [2.45, 2.75) is 25.0 Å². The first-order chi connectivity index (χ1) is 12.5. The van der Waals surface area contributed by atoms with Crippen LogP contribution in [0.1, 0.15) is 18.2 Å². The molecule has 9 nitrogen and oxygen atoms in total. The number of benzene rings is 1. The Morgan fingerprint density at radius 3 is 2.78 bits per heavy atom. The molecule has 0 bridgehead atoms. The molecule has 1 fully saturated rings. The Hall–Kier alpha value is -2.36. The molecular weight excluding hydrogens is 393 g/mol. The number of nitrogens with one attached hydrogen (secondary N) is 4. The highest BCUT2D eigenvalue weighted by molar-refractivity contribution is 6.30. The maximum Gasteiger partial charge on any atom is 0.319 e. The fraction of sp³-hybridized carbons (Fsp3) is 0.375. The molecule has 1 aromatic carbocycles. The second kappa shape index (κ2) is 9.54. The first-order valence-corrected chi connectivity index (χ1v) is 8.59. The van der Waals surface area contributed by atoms with E-state index in [-0.39, 0.29) is 43.0 Å². The van der Waals surface area contributed by atoms with Crippen molar-refractivity contribution in [3.63, 3.8) is 0 Å². The molecule has 3 amide bonds. The average molecular weight is 414 g/mol. The fourth-order valence-electron chi connectivity index (χ4n) is 2.74. The van der Waals surface area contributed by atoms with Gasteiger partial charge < -0.3 is 21.3 Å². The van der Waals surface area contributed by atoms with Crippen LogP contribution in [0.4, 0.5) is 10.5 Å². The minimum absolute atomic E-state index is 0. The van der Waals surface area contributed by atoms with Crippen LogP contribution in [0, 0.1) is 0 Å². The second-order valence-electron chi connectivity index (χ2n) is 5.97. The Kier molecular flexibility index (Phi) is 7.40. The van der Waals surface area contributed by atoms with Crippen molar-refractivity contribution < 1.29 is 9.59 Å². The molecule has 0 radical (unpaired) electrons. The van der Waals surface area contributed by atoms with E-state index in [2.05, 4.69) is 31.6 Å². The Balaban J connectivity index is 0.00000261. The van der Waals surface area contributed by atoms with Crippen molar-refractivity contribution in [2.24, 2.45) is 0 Å². The van der Waals surface area contributed by atoms with Gasteiger partial charge in [-0.1, -0.05) is 16.8 Å². The van der Waals surface area contributed by atoms with Gasteiger partial charge >= 0.3 is 6.03 Å². The zero-order chi connectivity index (χ0) is 18.5. The summed E-state index contributed by atoms with van der Waals surface area (Å²) in [6.07, 6.45) is 2.42. The SMILES string of the molecule is CNC(=O)[C@@H]1C[C@H](n2cc(CNC(=O)Nc3ccc(Cl)cc3)nn2)CN1.Cl. The summed E-state index contributed by atoms with van der Waals surface area (Å²) < 4.78 is 1.73. The zero-order valence-electron chi connectivity index (χ0n) is 14.6. The molecule has 1 aliphatic rings. The van der Waals surface area contributed by atoms with Crippen LogP contribution in [-0.2, 0) is 11.3 Å². The van der Waals surface area contributed by atoms with E-state index in [0.717, 1.165) is 0 Å². The number of nitrogens with zero attached hydrogens (tertiary/aromatic N) is 3. The summed E-state index contributed by atoms with van der Waals surface area (Å²) in [6, 6.07) is 6.32. The zero-order valence-corrected chi connectivity index (χ0v) is 16.2. The standard InChI is InChI=1S/C16H20ClN7O2.ClH/c1-18-15(25)14-6-13(8-19-14)24-9-12(22-23-24)7-20-16(26)21-11-4-2-10(17)3-5-11;/h2-5,9,13-14,19H,6-8H2,1H3,(H,18,25)(H2,20,21,26);1H/t13-,14-;/m0./s1. The van der Waals surface area contributed by atoms with Gasteiger partial charge in [0.2, 0.25) is 5.91 Å². The molecule has 11 heteroatoms. The van der Waals surface area contributed by atoms with E-state index in [9.17, 15) is 9.59 Å². The summed E-state index contributed by atoms with van der Waals surface area (Å²) in [6.45, 7) is 0.893. The van der Waals surface area contributed by atoms with E-state index < -0.39 is 0 Å². The minimum atomic E-state index is -0.343. The van der Waals surface area contributed by atoms with Gasteiger partial charge in [-0.05, 0) is 30.7 Å². The van der Waals surface area contributed by atoms with E-state index in [4.69, 9.17) is 11.6 Å². The predicted octanol–water partition coefficient (Wildman–Crippen LogP) is 1.32. The number of carbonyl (C=O) groups is 2. The number of urea groups is 1. The molecule has 0 spiro atoms. The van der Waals surface area contributed by atoms with Crippen LogP contribution < -0.4 is 21.3 Å². The quantitative estimate of drug-likeness (QED) is 0.590. The molecule has 2 atom stereocenters. The summed E-state index contributed by atoms with van der Waals surface area (Å²) in [5, 5.41) is 20.0. The third kappa shape index (κ3) is 5.56. The van der Waals surface area contributed by atoms with Gasteiger partial charge in [0, 0.05) is 24.3 Å². The lowest BCUT2D eigenvalue weighted by atomic mass is 10.1. The normalized spacial score (nSPS) is 18.4. The largest absolute Gasteiger partial charge is 0.358 e. The molecule has 4 N–H and O–H groups in total. The maximum absolute atomic E-state index is 11.9. The van der Waals surface area contributed by atoms with Gasteiger partial charge in [-0.2, -0.15) is 0 Å². The van der Waals surface area contributed by atoms with Gasteiger partial charge in [0.05, 0.1) is 24.8 Å². The number of rotatable bonds is 5. The van der Waals surface area contributed by atoms with Crippen LogP contribution in [0.3, 0.4) is 0 Å². The van der Waals surface area contributed by atoms with Gasteiger partial charge in [0.25, 0.3) is 0 Å². The number of amides is 3. The fourth-order valence-corrected chi connectivity index (χ4v) is 2.87. The van der Waals surface area contributed by atoms with Crippen LogP contribution in [0.15, 0.2) is 30.5 Å². The molecule has 1 aromatic heterocycles. The van der Waals surface area contributed by atoms with Crippen molar-refractivity contribution >= 4 is 41.6 Å². The molecule has 0 unspecified atom stereocenters. The number of carbonyl (C=O) groups excluding carboxylic acids is 2. The first-order valence-electron chi connectivity index (χ1n) is 8.21.